The van der Waals surface area contributed by atoms with Crippen molar-refractivity contribution < 1.29 is 27.8 Å². The molecule has 3 aromatic rings. The van der Waals surface area contributed by atoms with Gasteiger partial charge in [-0.15, -0.1) is 0 Å². The zero-order valence-corrected chi connectivity index (χ0v) is 17.3. The lowest BCUT2D eigenvalue weighted by Crippen LogP contribution is -2.20. The highest BCUT2D eigenvalue weighted by atomic mass is 19.4. The van der Waals surface area contributed by atoms with Gasteiger partial charge in [-0.2, -0.15) is 18.3 Å². The molecule has 32 heavy (non-hydrogen) atoms. The number of hydrogen-bond donors (Lipinski definition) is 2. The standard InChI is InChI=1S/C21H22F3N5O3/c1-32-18-7-16-13(10-29(28-16)15-4-2-12(11-30)3-5-15)6-17(18)27-19(31)14-8-25-20(26-9-14)21(22,23)24/h6-10,12,15,30H,2-5,11H2,1H3,(H,27,31). The van der Waals surface area contributed by atoms with Crippen LogP contribution in [0.1, 0.15) is 47.9 Å². The monoisotopic (exact) mass is 449 g/mol. The number of nitrogens with one attached hydrogen (secondary N) is 1. The normalized spacial score (nSPS) is 19.2. The molecule has 4 rings (SSSR count). The summed E-state index contributed by atoms with van der Waals surface area (Å²) < 4.78 is 45.2. The Morgan fingerprint density at radius 1 is 1.22 bits per heavy atom. The SMILES string of the molecule is COc1cc2nn(C3CCC(CO)CC3)cc2cc1NC(=O)c1cnc(C(F)(F)F)nc1. The van der Waals surface area contributed by atoms with Gasteiger partial charge in [-0.1, -0.05) is 0 Å². The molecular formula is C21H22F3N5O3. The smallest absolute Gasteiger partial charge is 0.451 e. The van der Waals surface area contributed by atoms with Crippen molar-refractivity contribution in [2.45, 2.75) is 37.9 Å². The second kappa shape index (κ2) is 8.73. The van der Waals surface area contributed by atoms with Crippen LogP contribution in [-0.4, -0.2) is 44.5 Å². The summed E-state index contributed by atoms with van der Waals surface area (Å²) in [4.78, 5) is 19.0. The molecule has 11 heteroatoms. The summed E-state index contributed by atoms with van der Waals surface area (Å²) in [5.41, 5.74) is 0.937. The maximum atomic E-state index is 12.6. The van der Waals surface area contributed by atoms with Crippen LogP contribution in [0.4, 0.5) is 18.9 Å². The molecule has 0 atom stereocenters. The minimum absolute atomic E-state index is 0.114. The molecule has 1 aliphatic carbocycles. The molecule has 0 radical (unpaired) electrons. The van der Waals surface area contributed by atoms with Crippen molar-refractivity contribution in [2.75, 3.05) is 19.0 Å². The number of aromatic nitrogens is 4. The molecule has 1 fully saturated rings. The molecule has 2 aromatic heterocycles. The number of amides is 1. The third-order valence-electron chi connectivity index (χ3n) is 5.71. The van der Waals surface area contributed by atoms with Crippen LogP contribution in [0.25, 0.3) is 10.9 Å². The Morgan fingerprint density at radius 3 is 2.50 bits per heavy atom. The van der Waals surface area contributed by atoms with E-state index in [0.29, 0.717) is 22.9 Å². The highest BCUT2D eigenvalue weighted by Gasteiger charge is 2.34. The molecule has 1 aliphatic rings. The summed E-state index contributed by atoms with van der Waals surface area (Å²) in [6.45, 7) is 0.206. The van der Waals surface area contributed by atoms with Gasteiger partial charge in [0, 0.05) is 36.7 Å². The third-order valence-corrected chi connectivity index (χ3v) is 5.71. The predicted molar refractivity (Wildman–Crippen MR) is 109 cm³/mol. The fourth-order valence-corrected chi connectivity index (χ4v) is 3.90. The molecule has 8 nitrogen and oxygen atoms in total. The van der Waals surface area contributed by atoms with Gasteiger partial charge < -0.3 is 15.2 Å². The van der Waals surface area contributed by atoms with Crippen LogP contribution in [0.15, 0.2) is 30.7 Å². The largest absolute Gasteiger partial charge is 0.494 e. The predicted octanol–water partition coefficient (Wildman–Crippen LogP) is 3.83. The molecule has 0 aliphatic heterocycles. The molecule has 1 amide bonds. The lowest BCUT2D eigenvalue weighted by Gasteiger charge is -2.27. The summed E-state index contributed by atoms with van der Waals surface area (Å²) in [5.74, 6) is -1.26. The maximum Gasteiger partial charge on any atom is 0.451 e. The van der Waals surface area contributed by atoms with Crippen LogP contribution in [0, 0.1) is 5.92 Å². The fraction of sp³-hybridized carbons (Fsp3) is 0.429. The summed E-state index contributed by atoms with van der Waals surface area (Å²) >= 11 is 0. The van der Waals surface area contributed by atoms with E-state index in [9.17, 15) is 23.1 Å². The number of fused-ring (bicyclic) bond motifs is 1. The van der Waals surface area contributed by atoms with Gasteiger partial charge >= 0.3 is 6.18 Å². The van der Waals surface area contributed by atoms with E-state index in [1.54, 1.807) is 12.1 Å². The van der Waals surface area contributed by atoms with Gasteiger partial charge in [0.2, 0.25) is 5.82 Å². The topological polar surface area (TPSA) is 102 Å². The van der Waals surface area contributed by atoms with Crippen LogP contribution in [0.5, 0.6) is 5.75 Å². The number of halogens is 3. The van der Waals surface area contributed by atoms with E-state index in [2.05, 4.69) is 20.4 Å². The van der Waals surface area contributed by atoms with Crippen molar-refractivity contribution in [3.8, 4) is 5.75 Å². The first-order chi connectivity index (χ1) is 15.3. The van der Waals surface area contributed by atoms with Crippen molar-refractivity contribution in [3.63, 3.8) is 0 Å². The molecule has 2 N–H and O–H groups in total. The van der Waals surface area contributed by atoms with Gasteiger partial charge in [0.25, 0.3) is 5.91 Å². The minimum atomic E-state index is -4.68. The van der Waals surface area contributed by atoms with Gasteiger partial charge in [-0.25, -0.2) is 9.97 Å². The second-order valence-electron chi connectivity index (χ2n) is 7.82. The van der Waals surface area contributed by atoms with Crippen LogP contribution >= 0.6 is 0 Å². The number of carbonyl (C=O) groups is 1. The minimum Gasteiger partial charge on any atom is -0.494 e. The van der Waals surface area contributed by atoms with E-state index >= 15 is 0 Å². The van der Waals surface area contributed by atoms with E-state index in [4.69, 9.17) is 4.74 Å². The summed E-state index contributed by atoms with van der Waals surface area (Å²) in [5, 5.41) is 17.4. The number of alkyl halides is 3. The zero-order chi connectivity index (χ0) is 22.9. The maximum absolute atomic E-state index is 12.6. The number of rotatable bonds is 5. The fourth-order valence-electron chi connectivity index (χ4n) is 3.90. The summed E-state index contributed by atoms with van der Waals surface area (Å²) in [6.07, 6.45) is 2.61. The number of anilines is 1. The molecule has 0 saturated heterocycles. The number of hydrogen-bond acceptors (Lipinski definition) is 6. The molecule has 0 bridgehead atoms. The van der Waals surface area contributed by atoms with Crippen molar-refractivity contribution >= 4 is 22.5 Å². The highest BCUT2D eigenvalue weighted by Crippen LogP contribution is 2.35. The van der Waals surface area contributed by atoms with Gasteiger partial charge in [0.05, 0.1) is 29.9 Å². The molecule has 0 spiro atoms. The van der Waals surface area contributed by atoms with Crippen molar-refractivity contribution in [1.82, 2.24) is 19.7 Å². The molecule has 1 saturated carbocycles. The number of benzene rings is 1. The Kier molecular flexibility index (Phi) is 6.00. The molecule has 170 valence electrons. The van der Waals surface area contributed by atoms with Gasteiger partial charge in [0.15, 0.2) is 0 Å². The Morgan fingerprint density at radius 2 is 1.91 bits per heavy atom. The first kappa shape index (κ1) is 22.0. The average molecular weight is 449 g/mol. The number of aliphatic hydroxyl groups excluding tert-OH is 1. The van der Waals surface area contributed by atoms with E-state index in [-0.39, 0.29) is 18.2 Å². The van der Waals surface area contributed by atoms with Gasteiger partial charge in [0.1, 0.15) is 5.75 Å². The molecule has 2 heterocycles. The van der Waals surface area contributed by atoms with Crippen molar-refractivity contribution in [3.05, 3.63) is 42.1 Å². The van der Waals surface area contributed by atoms with Gasteiger partial charge in [-0.05, 0) is 37.7 Å². The van der Waals surface area contributed by atoms with Gasteiger partial charge in [-0.3, -0.25) is 9.48 Å². The summed E-state index contributed by atoms with van der Waals surface area (Å²) in [7, 11) is 1.45. The summed E-state index contributed by atoms with van der Waals surface area (Å²) in [6, 6.07) is 3.64. The number of methoxy groups -OCH3 is 1. The first-order valence-electron chi connectivity index (χ1n) is 10.2. The van der Waals surface area contributed by atoms with Crippen LogP contribution < -0.4 is 10.1 Å². The molecule has 1 aromatic carbocycles. The van der Waals surface area contributed by atoms with E-state index in [0.717, 1.165) is 43.5 Å². The Hall–Kier alpha value is -3.21. The Bertz CT molecular complexity index is 1110. The Labute approximate surface area is 181 Å². The lowest BCUT2D eigenvalue weighted by molar-refractivity contribution is -0.145. The number of aliphatic hydroxyl groups is 1. The number of nitrogens with zero attached hydrogens (tertiary/aromatic N) is 4. The number of ether oxygens (including phenoxy) is 1. The van der Waals surface area contributed by atoms with Crippen LogP contribution in [0.2, 0.25) is 0 Å². The average Bonchev–Trinajstić information content (AvgIpc) is 3.21. The molecular weight excluding hydrogens is 427 g/mol. The van der Waals surface area contributed by atoms with Crippen LogP contribution in [0.3, 0.4) is 0 Å². The number of carbonyl (C=O) groups excluding carboxylic acids is 1. The first-order valence-corrected chi connectivity index (χ1v) is 10.2. The third kappa shape index (κ3) is 4.52. The van der Waals surface area contributed by atoms with Crippen molar-refractivity contribution in [2.24, 2.45) is 5.92 Å². The van der Waals surface area contributed by atoms with E-state index in [1.165, 1.54) is 7.11 Å². The van der Waals surface area contributed by atoms with Crippen LogP contribution in [-0.2, 0) is 6.18 Å². The zero-order valence-electron chi connectivity index (χ0n) is 17.3. The van der Waals surface area contributed by atoms with Crippen molar-refractivity contribution in [1.29, 1.82) is 0 Å². The second-order valence-corrected chi connectivity index (χ2v) is 7.82. The van der Waals surface area contributed by atoms with E-state index < -0.39 is 17.9 Å². The van der Waals surface area contributed by atoms with E-state index in [1.807, 2.05) is 10.9 Å². The Balaban J connectivity index is 1.55. The molecule has 0 unspecified atom stereocenters. The quantitative estimate of drug-likeness (QED) is 0.614. The lowest BCUT2D eigenvalue weighted by atomic mass is 9.87. The highest BCUT2D eigenvalue weighted by molar-refractivity contribution is 6.05.